The van der Waals surface area contributed by atoms with Crippen LogP contribution in [0.3, 0.4) is 0 Å². The highest BCUT2D eigenvalue weighted by atomic mass is 28.4. The van der Waals surface area contributed by atoms with Crippen LogP contribution in [-0.2, 0) is 29.3 Å². The van der Waals surface area contributed by atoms with Gasteiger partial charge in [-0.2, -0.15) is 0 Å². The van der Waals surface area contributed by atoms with Crippen molar-refractivity contribution in [2.24, 2.45) is 0 Å². The van der Waals surface area contributed by atoms with Crippen molar-refractivity contribution in [1.29, 1.82) is 0 Å². The van der Waals surface area contributed by atoms with Gasteiger partial charge in [0.1, 0.15) is 11.5 Å². The van der Waals surface area contributed by atoms with Crippen molar-refractivity contribution in [1.82, 2.24) is 0 Å². The number of carbonyl (C=O) groups is 3. The van der Waals surface area contributed by atoms with Crippen molar-refractivity contribution in [3.63, 3.8) is 0 Å². The Morgan fingerprint density at radius 3 is 1.71 bits per heavy atom. The van der Waals surface area contributed by atoms with Crippen molar-refractivity contribution in [3.05, 3.63) is 59.7 Å². The topological polar surface area (TPSA) is 119 Å². The first kappa shape index (κ1) is 21.0. The van der Waals surface area contributed by atoms with Crippen molar-refractivity contribution >= 4 is 26.7 Å². The fourth-order valence-corrected chi connectivity index (χ4v) is 4.71. The summed E-state index contributed by atoms with van der Waals surface area (Å²) in [6.45, 7) is 2.25. The first-order valence-corrected chi connectivity index (χ1v) is 10.3. The number of hydrogen-bond acceptors (Lipinski definition) is 8. The van der Waals surface area contributed by atoms with Gasteiger partial charge in [-0.15, -0.1) is 0 Å². The van der Waals surface area contributed by atoms with E-state index in [1.54, 1.807) is 12.1 Å². The Balaban J connectivity index is 2.27. The van der Waals surface area contributed by atoms with E-state index >= 15 is 0 Å². The van der Waals surface area contributed by atoms with E-state index in [4.69, 9.17) is 13.3 Å². The maximum absolute atomic E-state index is 12.5. The first-order valence-electron chi connectivity index (χ1n) is 8.38. The molecule has 9 heteroatoms. The fourth-order valence-electron chi connectivity index (χ4n) is 2.41. The summed E-state index contributed by atoms with van der Waals surface area (Å²) in [6, 6.07) is 11.5. The quantitative estimate of drug-likeness (QED) is 0.676. The van der Waals surface area contributed by atoms with E-state index in [0.29, 0.717) is 0 Å². The number of phenolic OH excluding ortho intramolecular Hbond substituents is 2. The summed E-state index contributed by atoms with van der Waals surface area (Å²) >= 11 is 0. The van der Waals surface area contributed by atoms with Gasteiger partial charge in [0.15, 0.2) is 0 Å². The number of hydrogen-bond donors (Lipinski definition) is 2. The van der Waals surface area contributed by atoms with Crippen molar-refractivity contribution < 1.29 is 37.9 Å². The fraction of sp³-hybridized carbons (Fsp3) is 0.211. The molecule has 0 radical (unpaired) electrons. The smallest absolute Gasteiger partial charge is 0.508 e. The normalized spacial score (nSPS) is 10.8. The molecule has 148 valence electrons. The standard InChI is InChI=1S/C19H20O8Si/c1-13(20)25-28(26-14(2)21,12-11-15-3-7-17(22)8-4-15)27-19(24)16-5-9-18(23)10-6-16/h3-10,22-23H,11-12H2,1-2H3. The lowest BCUT2D eigenvalue weighted by molar-refractivity contribution is -0.142. The molecule has 0 aromatic heterocycles. The van der Waals surface area contributed by atoms with E-state index in [1.807, 2.05) is 0 Å². The van der Waals surface area contributed by atoms with Crippen LogP contribution in [-0.4, -0.2) is 36.9 Å². The molecule has 2 aromatic carbocycles. The summed E-state index contributed by atoms with van der Waals surface area (Å²) in [4.78, 5) is 35.8. The maximum atomic E-state index is 12.5. The molecule has 0 saturated carbocycles. The third kappa shape index (κ3) is 6.13. The highest BCUT2D eigenvalue weighted by Gasteiger charge is 2.52. The van der Waals surface area contributed by atoms with Gasteiger partial charge in [-0.3, -0.25) is 9.59 Å². The monoisotopic (exact) mass is 404 g/mol. The number of benzene rings is 2. The summed E-state index contributed by atoms with van der Waals surface area (Å²) in [6.07, 6.45) is 0.274. The third-order valence-electron chi connectivity index (χ3n) is 3.61. The van der Waals surface area contributed by atoms with Gasteiger partial charge in [-0.1, -0.05) is 12.1 Å². The second-order valence-corrected chi connectivity index (χ2v) is 8.45. The Bertz CT molecular complexity index is 829. The molecule has 28 heavy (non-hydrogen) atoms. The predicted molar refractivity (Wildman–Crippen MR) is 99.4 cm³/mol. The minimum atomic E-state index is -4.05. The van der Waals surface area contributed by atoms with Gasteiger partial charge in [0.2, 0.25) is 0 Å². The molecule has 0 aliphatic rings. The Hall–Kier alpha value is -3.33. The summed E-state index contributed by atoms with van der Waals surface area (Å²) < 4.78 is 15.9. The second kappa shape index (κ2) is 9.04. The molecule has 2 aromatic rings. The van der Waals surface area contributed by atoms with Crippen LogP contribution in [0.2, 0.25) is 6.04 Å². The number of rotatable bonds is 7. The molecule has 0 bridgehead atoms. The van der Waals surface area contributed by atoms with Gasteiger partial charge in [0.05, 0.1) is 11.6 Å². The van der Waals surface area contributed by atoms with E-state index in [9.17, 15) is 24.6 Å². The Labute approximate surface area is 162 Å². The predicted octanol–water partition coefficient (Wildman–Crippen LogP) is 2.56. The van der Waals surface area contributed by atoms with E-state index in [0.717, 1.165) is 19.4 Å². The van der Waals surface area contributed by atoms with Crippen LogP contribution in [0.1, 0.15) is 29.8 Å². The molecule has 0 amide bonds. The van der Waals surface area contributed by atoms with Gasteiger partial charge in [-0.25, -0.2) is 4.79 Å². The van der Waals surface area contributed by atoms with Crippen LogP contribution in [0.5, 0.6) is 11.5 Å². The molecule has 0 unspecified atom stereocenters. The van der Waals surface area contributed by atoms with Crippen LogP contribution in [0.25, 0.3) is 0 Å². The van der Waals surface area contributed by atoms with Crippen LogP contribution in [0.4, 0.5) is 0 Å². The Morgan fingerprint density at radius 1 is 0.786 bits per heavy atom. The maximum Gasteiger partial charge on any atom is 0.705 e. The highest BCUT2D eigenvalue weighted by molar-refractivity contribution is 6.65. The van der Waals surface area contributed by atoms with Crippen LogP contribution < -0.4 is 0 Å². The number of carbonyl (C=O) groups excluding carboxylic acids is 3. The zero-order valence-electron chi connectivity index (χ0n) is 15.4. The molecule has 2 N–H and O–H groups in total. The average molecular weight is 404 g/mol. The van der Waals surface area contributed by atoms with E-state index < -0.39 is 26.7 Å². The van der Waals surface area contributed by atoms with Crippen LogP contribution in [0.15, 0.2) is 48.5 Å². The summed E-state index contributed by atoms with van der Waals surface area (Å²) in [5.41, 5.74) is 0.855. The molecule has 0 saturated heterocycles. The van der Waals surface area contributed by atoms with Crippen LogP contribution in [0, 0.1) is 0 Å². The minimum Gasteiger partial charge on any atom is -0.508 e. The molecule has 0 fully saturated rings. The molecule has 0 spiro atoms. The lowest BCUT2D eigenvalue weighted by Crippen LogP contribution is -2.50. The van der Waals surface area contributed by atoms with Gasteiger partial charge in [-0.05, 0) is 48.4 Å². The number of aryl methyl sites for hydroxylation is 1. The molecule has 0 heterocycles. The summed E-state index contributed by atoms with van der Waals surface area (Å²) in [5, 5.41) is 18.7. The molecular formula is C19H20O8Si. The molecule has 8 nitrogen and oxygen atoms in total. The van der Waals surface area contributed by atoms with Crippen molar-refractivity contribution in [3.8, 4) is 11.5 Å². The van der Waals surface area contributed by atoms with Gasteiger partial charge in [0, 0.05) is 13.8 Å². The SMILES string of the molecule is CC(=O)O[Si](CCc1ccc(O)cc1)(OC(C)=O)OC(=O)c1ccc(O)cc1. The third-order valence-corrected chi connectivity index (χ3v) is 6.16. The van der Waals surface area contributed by atoms with Crippen molar-refractivity contribution in [2.75, 3.05) is 0 Å². The zero-order valence-corrected chi connectivity index (χ0v) is 16.4. The lowest BCUT2D eigenvalue weighted by Gasteiger charge is -2.26. The van der Waals surface area contributed by atoms with Gasteiger partial charge >= 0.3 is 14.8 Å². The van der Waals surface area contributed by atoms with Gasteiger partial charge in [0.25, 0.3) is 11.9 Å². The van der Waals surface area contributed by atoms with Gasteiger partial charge < -0.3 is 23.5 Å². The molecule has 0 aliphatic heterocycles. The largest absolute Gasteiger partial charge is 0.705 e. The molecule has 0 aliphatic carbocycles. The molecular weight excluding hydrogens is 384 g/mol. The van der Waals surface area contributed by atoms with E-state index in [2.05, 4.69) is 0 Å². The second-order valence-electron chi connectivity index (χ2n) is 5.97. The summed E-state index contributed by atoms with van der Waals surface area (Å²) in [5.74, 6) is -2.30. The van der Waals surface area contributed by atoms with E-state index in [1.165, 1.54) is 36.4 Å². The van der Waals surface area contributed by atoms with Crippen LogP contribution >= 0.6 is 0 Å². The summed E-state index contributed by atoms with van der Waals surface area (Å²) in [7, 11) is -4.05. The highest BCUT2D eigenvalue weighted by Crippen LogP contribution is 2.23. The zero-order chi connectivity index (χ0) is 20.7. The minimum absolute atomic E-state index is 0.0270. The Morgan fingerprint density at radius 2 is 1.25 bits per heavy atom. The lowest BCUT2D eigenvalue weighted by atomic mass is 10.2. The number of phenols is 2. The molecule has 0 atom stereocenters. The van der Waals surface area contributed by atoms with E-state index in [-0.39, 0.29) is 29.5 Å². The number of aromatic hydroxyl groups is 2. The van der Waals surface area contributed by atoms with Crippen molar-refractivity contribution in [2.45, 2.75) is 26.3 Å². The average Bonchev–Trinajstić information content (AvgIpc) is 2.60. The molecule has 2 rings (SSSR count). The Kier molecular flexibility index (Phi) is 6.77. The first-order chi connectivity index (χ1) is 13.2.